The third-order valence-corrected chi connectivity index (χ3v) is 3.35. The molecule has 3 nitrogen and oxygen atoms in total. The van der Waals surface area contributed by atoms with Gasteiger partial charge in [-0.1, -0.05) is 25.7 Å². The highest BCUT2D eigenvalue weighted by Gasteiger charge is 2.12. The zero-order valence-corrected chi connectivity index (χ0v) is 9.55. The van der Waals surface area contributed by atoms with Crippen molar-refractivity contribution in [3.63, 3.8) is 0 Å². The lowest BCUT2D eigenvalue weighted by Gasteiger charge is -2.15. The van der Waals surface area contributed by atoms with Gasteiger partial charge in [0.15, 0.2) is 0 Å². The Morgan fingerprint density at radius 3 is 2.67 bits per heavy atom. The van der Waals surface area contributed by atoms with Crippen molar-refractivity contribution in [1.29, 1.82) is 0 Å². The molecule has 1 aromatic rings. The van der Waals surface area contributed by atoms with Crippen LogP contribution in [0.3, 0.4) is 0 Å². The molecule has 0 bridgehead atoms. The van der Waals surface area contributed by atoms with E-state index in [-0.39, 0.29) is 0 Å². The molecule has 0 radical (unpaired) electrons. The zero-order chi connectivity index (χ0) is 10.5. The smallest absolute Gasteiger partial charge is 0.0925 e. The lowest BCUT2D eigenvalue weighted by Crippen LogP contribution is -2.28. The van der Waals surface area contributed by atoms with Crippen molar-refractivity contribution in [2.75, 3.05) is 0 Å². The molecule has 84 valence electrons. The Morgan fingerprint density at radius 1 is 1.33 bits per heavy atom. The van der Waals surface area contributed by atoms with Crippen LogP contribution < -0.4 is 5.32 Å². The first-order chi connectivity index (χ1) is 7.36. The van der Waals surface area contributed by atoms with Crippen LogP contribution in [0, 0.1) is 6.92 Å². The summed E-state index contributed by atoms with van der Waals surface area (Å²) in [6.45, 7) is 3.00. The van der Waals surface area contributed by atoms with Gasteiger partial charge in [-0.15, -0.1) is 0 Å². The first-order valence-corrected chi connectivity index (χ1v) is 6.08. The van der Waals surface area contributed by atoms with Crippen LogP contribution in [0.5, 0.6) is 0 Å². The molecule has 0 spiro atoms. The average Bonchev–Trinajstić information content (AvgIpc) is 2.53. The molecule has 0 aromatic carbocycles. The Morgan fingerprint density at radius 2 is 2.07 bits per heavy atom. The number of H-pyrrole nitrogens is 1. The largest absolute Gasteiger partial charge is 0.348 e. The molecule has 0 amide bonds. The highest BCUT2D eigenvalue weighted by Crippen LogP contribution is 2.17. The SMILES string of the molecule is Cc1[nH]cnc1CNC1CCCCCC1. The van der Waals surface area contributed by atoms with E-state index in [0.29, 0.717) is 6.04 Å². The Labute approximate surface area is 91.7 Å². The van der Waals surface area contributed by atoms with Crippen molar-refractivity contribution in [1.82, 2.24) is 15.3 Å². The monoisotopic (exact) mass is 207 g/mol. The molecule has 3 heteroatoms. The highest BCUT2D eigenvalue weighted by atomic mass is 15.0. The van der Waals surface area contributed by atoms with Crippen LogP contribution in [0.25, 0.3) is 0 Å². The molecule has 1 aliphatic carbocycles. The Kier molecular flexibility index (Phi) is 3.78. The van der Waals surface area contributed by atoms with Crippen molar-refractivity contribution in [3.05, 3.63) is 17.7 Å². The summed E-state index contributed by atoms with van der Waals surface area (Å²) < 4.78 is 0. The van der Waals surface area contributed by atoms with Crippen LogP contribution in [0.1, 0.15) is 49.9 Å². The predicted octanol–water partition coefficient (Wildman–Crippen LogP) is 2.53. The van der Waals surface area contributed by atoms with Crippen LogP contribution in [-0.2, 0) is 6.54 Å². The second-order valence-corrected chi connectivity index (χ2v) is 4.54. The molecule has 0 aliphatic heterocycles. The number of nitrogens with zero attached hydrogens (tertiary/aromatic N) is 1. The standard InChI is InChI=1S/C12H21N3/c1-10-12(15-9-14-10)8-13-11-6-4-2-3-5-7-11/h9,11,13H,2-8H2,1H3,(H,14,15). The van der Waals surface area contributed by atoms with Crippen molar-refractivity contribution in [2.24, 2.45) is 0 Å². The van der Waals surface area contributed by atoms with Crippen LogP contribution >= 0.6 is 0 Å². The van der Waals surface area contributed by atoms with E-state index in [0.717, 1.165) is 6.54 Å². The Bertz CT molecular complexity index is 285. The number of rotatable bonds is 3. The van der Waals surface area contributed by atoms with Gasteiger partial charge in [-0.25, -0.2) is 4.98 Å². The summed E-state index contributed by atoms with van der Waals surface area (Å²) in [5.41, 5.74) is 2.36. The van der Waals surface area contributed by atoms with E-state index in [4.69, 9.17) is 0 Å². The maximum Gasteiger partial charge on any atom is 0.0925 e. The average molecular weight is 207 g/mol. The van der Waals surface area contributed by atoms with Gasteiger partial charge in [-0.2, -0.15) is 0 Å². The molecular weight excluding hydrogens is 186 g/mol. The van der Waals surface area contributed by atoms with Crippen LogP contribution in [0.15, 0.2) is 6.33 Å². The number of imidazole rings is 1. The molecule has 1 aromatic heterocycles. The van der Waals surface area contributed by atoms with Crippen LogP contribution in [0.4, 0.5) is 0 Å². The lowest BCUT2D eigenvalue weighted by atomic mass is 10.1. The molecule has 2 rings (SSSR count). The third kappa shape index (κ3) is 3.06. The molecule has 1 fully saturated rings. The van der Waals surface area contributed by atoms with E-state index in [1.54, 1.807) is 6.33 Å². The summed E-state index contributed by atoms with van der Waals surface area (Å²) in [5.74, 6) is 0. The number of aromatic amines is 1. The molecule has 2 N–H and O–H groups in total. The second-order valence-electron chi connectivity index (χ2n) is 4.54. The topological polar surface area (TPSA) is 40.7 Å². The molecule has 1 aliphatic rings. The fraction of sp³-hybridized carbons (Fsp3) is 0.750. The van der Waals surface area contributed by atoms with Gasteiger partial charge in [-0.3, -0.25) is 0 Å². The third-order valence-electron chi connectivity index (χ3n) is 3.35. The number of hydrogen-bond acceptors (Lipinski definition) is 2. The van der Waals surface area contributed by atoms with Crippen molar-refractivity contribution in [3.8, 4) is 0 Å². The van der Waals surface area contributed by atoms with Gasteiger partial charge in [0.2, 0.25) is 0 Å². The number of nitrogens with one attached hydrogen (secondary N) is 2. The summed E-state index contributed by atoms with van der Waals surface area (Å²) >= 11 is 0. The number of hydrogen-bond donors (Lipinski definition) is 2. The van der Waals surface area contributed by atoms with Crippen molar-refractivity contribution >= 4 is 0 Å². The van der Waals surface area contributed by atoms with E-state index in [1.165, 1.54) is 49.9 Å². The summed E-state index contributed by atoms with van der Waals surface area (Å²) in [6, 6.07) is 0.712. The van der Waals surface area contributed by atoms with Crippen LogP contribution in [0.2, 0.25) is 0 Å². The van der Waals surface area contributed by atoms with Gasteiger partial charge in [-0.05, 0) is 19.8 Å². The summed E-state index contributed by atoms with van der Waals surface area (Å²) in [6.07, 6.45) is 10.1. The molecule has 1 saturated carbocycles. The lowest BCUT2D eigenvalue weighted by molar-refractivity contribution is 0.456. The fourth-order valence-electron chi connectivity index (χ4n) is 2.29. The maximum absolute atomic E-state index is 4.31. The second kappa shape index (κ2) is 5.31. The van der Waals surface area contributed by atoms with E-state index in [9.17, 15) is 0 Å². The number of aromatic nitrogens is 2. The molecule has 1 heterocycles. The summed E-state index contributed by atoms with van der Waals surface area (Å²) in [5, 5.41) is 3.62. The summed E-state index contributed by atoms with van der Waals surface area (Å²) in [4.78, 5) is 7.42. The molecule has 15 heavy (non-hydrogen) atoms. The van der Waals surface area contributed by atoms with Crippen molar-refractivity contribution in [2.45, 2.75) is 58.0 Å². The van der Waals surface area contributed by atoms with Gasteiger partial charge in [0, 0.05) is 18.3 Å². The number of aryl methyl sites for hydroxylation is 1. The minimum Gasteiger partial charge on any atom is -0.348 e. The van der Waals surface area contributed by atoms with Crippen molar-refractivity contribution < 1.29 is 0 Å². The van der Waals surface area contributed by atoms with Gasteiger partial charge in [0.05, 0.1) is 12.0 Å². The first-order valence-electron chi connectivity index (χ1n) is 6.08. The normalized spacial score (nSPS) is 19.0. The highest BCUT2D eigenvalue weighted by molar-refractivity contribution is 5.08. The Balaban J connectivity index is 1.79. The van der Waals surface area contributed by atoms with Gasteiger partial charge in [0.25, 0.3) is 0 Å². The van der Waals surface area contributed by atoms with Gasteiger partial charge >= 0.3 is 0 Å². The quantitative estimate of drug-likeness (QED) is 0.748. The maximum atomic E-state index is 4.31. The minimum absolute atomic E-state index is 0.712. The van der Waals surface area contributed by atoms with E-state index >= 15 is 0 Å². The van der Waals surface area contributed by atoms with Crippen LogP contribution in [-0.4, -0.2) is 16.0 Å². The predicted molar refractivity (Wildman–Crippen MR) is 61.7 cm³/mol. The molecule has 0 atom stereocenters. The van der Waals surface area contributed by atoms with E-state index in [1.807, 2.05) is 0 Å². The first kappa shape index (κ1) is 10.7. The van der Waals surface area contributed by atoms with Gasteiger partial charge < -0.3 is 10.3 Å². The zero-order valence-electron chi connectivity index (χ0n) is 9.55. The molecule has 0 saturated heterocycles. The Hall–Kier alpha value is -0.830. The fourth-order valence-corrected chi connectivity index (χ4v) is 2.29. The van der Waals surface area contributed by atoms with E-state index < -0.39 is 0 Å². The molecule has 0 unspecified atom stereocenters. The summed E-state index contributed by atoms with van der Waals surface area (Å²) in [7, 11) is 0. The minimum atomic E-state index is 0.712. The molecular formula is C12H21N3. The van der Waals surface area contributed by atoms with E-state index in [2.05, 4.69) is 22.2 Å². The van der Waals surface area contributed by atoms with Gasteiger partial charge in [0.1, 0.15) is 0 Å².